The number of nitrogens with one attached hydrogen (secondary N) is 1. The van der Waals surface area contributed by atoms with Crippen molar-refractivity contribution in [1.29, 1.82) is 0 Å². The maximum absolute atomic E-state index is 5.28. The van der Waals surface area contributed by atoms with Crippen LogP contribution in [-0.2, 0) is 4.74 Å². The van der Waals surface area contributed by atoms with E-state index in [0.29, 0.717) is 5.54 Å². The first kappa shape index (κ1) is 7.03. The maximum atomic E-state index is 5.28. The normalized spacial score (nSPS) is 34.0. The van der Waals surface area contributed by atoms with Crippen LogP contribution >= 0.6 is 0 Å². The topological polar surface area (TPSA) is 21.3 Å². The largest absolute Gasteiger partial charge is 0.380 e. The summed E-state index contributed by atoms with van der Waals surface area (Å²) in [5, 5.41) is 3.33. The van der Waals surface area contributed by atoms with Gasteiger partial charge in [-0.25, -0.2) is 0 Å². The lowest BCUT2D eigenvalue weighted by Crippen LogP contribution is -2.57. The second-order valence-electron chi connectivity index (χ2n) is 2.87. The van der Waals surface area contributed by atoms with Gasteiger partial charge in [-0.05, 0) is 26.8 Å². The van der Waals surface area contributed by atoms with Crippen molar-refractivity contribution in [3.05, 3.63) is 0 Å². The van der Waals surface area contributed by atoms with Gasteiger partial charge in [0, 0.05) is 12.1 Å². The lowest BCUT2D eigenvalue weighted by Gasteiger charge is -2.39. The van der Waals surface area contributed by atoms with E-state index < -0.39 is 0 Å². The average molecular weight is 129 g/mol. The predicted molar refractivity (Wildman–Crippen MR) is 37.5 cm³/mol. The Bertz CT molecular complexity index is 88.9. The number of hydrogen-bond acceptors (Lipinski definition) is 2. The minimum Gasteiger partial charge on any atom is -0.380 e. The van der Waals surface area contributed by atoms with Gasteiger partial charge < -0.3 is 10.1 Å². The Balaban J connectivity index is 2.09. The molecule has 1 N–H and O–H groups in total. The third-order valence-corrected chi connectivity index (χ3v) is 1.85. The molecule has 2 heteroatoms. The zero-order valence-corrected chi connectivity index (χ0v) is 6.24. The van der Waals surface area contributed by atoms with Crippen LogP contribution in [0.4, 0.5) is 0 Å². The standard InChI is InChI=1S/C7H15NO/c1-3-9-6-7(2)4-5-8-7/h8H,3-6H2,1-2H3. The summed E-state index contributed by atoms with van der Waals surface area (Å²) in [7, 11) is 0. The highest BCUT2D eigenvalue weighted by atomic mass is 16.5. The molecule has 1 aliphatic rings. The van der Waals surface area contributed by atoms with Gasteiger partial charge in [-0.15, -0.1) is 0 Å². The summed E-state index contributed by atoms with van der Waals surface area (Å²) in [6, 6.07) is 0. The molecule has 9 heavy (non-hydrogen) atoms. The summed E-state index contributed by atoms with van der Waals surface area (Å²) in [5.74, 6) is 0. The van der Waals surface area contributed by atoms with E-state index in [9.17, 15) is 0 Å². The highest BCUT2D eigenvalue weighted by Gasteiger charge is 2.30. The molecule has 0 aromatic heterocycles. The van der Waals surface area contributed by atoms with E-state index in [1.54, 1.807) is 0 Å². The van der Waals surface area contributed by atoms with Crippen molar-refractivity contribution >= 4 is 0 Å². The Labute approximate surface area is 56.6 Å². The van der Waals surface area contributed by atoms with Gasteiger partial charge in [0.2, 0.25) is 0 Å². The smallest absolute Gasteiger partial charge is 0.0645 e. The number of rotatable bonds is 3. The van der Waals surface area contributed by atoms with Gasteiger partial charge in [-0.1, -0.05) is 0 Å². The van der Waals surface area contributed by atoms with Gasteiger partial charge in [0.1, 0.15) is 0 Å². The van der Waals surface area contributed by atoms with E-state index in [2.05, 4.69) is 12.2 Å². The Morgan fingerprint density at radius 2 is 2.33 bits per heavy atom. The number of hydrogen-bond donors (Lipinski definition) is 1. The SMILES string of the molecule is CCOCC1(C)CCN1. The first-order valence-corrected chi connectivity index (χ1v) is 3.60. The van der Waals surface area contributed by atoms with Gasteiger partial charge in [0.05, 0.1) is 6.61 Å². The zero-order chi connectivity index (χ0) is 6.74. The molecular weight excluding hydrogens is 114 g/mol. The fourth-order valence-electron chi connectivity index (χ4n) is 1.00. The molecule has 1 saturated heterocycles. The molecular formula is C7H15NO. The van der Waals surface area contributed by atoms with E-state index in [4.69, 9.17) is 4.74 Å². The van der Waals surface area contributed by atoms with Crippen molar-refractivity contribution in [3.63, 3.8) is 0 Å². The van der Waals surface area contributed by atoms with E-state index in [1.165, 1.54) is 6.42 Å². The molecule has 0 saturated carbocycles. The molecule has 2 nitrogen and oxygen atoms in total. The van der Waals surface area contributed by atoms with Crippen LogP contribution in [0, 0.1) is 0 Å². The summed E-state index contributed by atoms with van der Waals surface area (Å²) < 4.78 is 5.28. The first-order valence-electron chi connectivity index (χ1n) is 3.60. The average Bonchev–Trinajstić information content (AvgIpc) is 1.79. The van der Waals surface area contributed by atoms with Crippen LogP contribution < -0.4 is 5.32 Å². The number of ether oxygens (including phenoxy) is 1. The molecule has 1 atom stereocenters. The van der Waals surface area contributed by atoms with Crippen LogP contribution in [0.15, 0.2) is 0 Å². The second kappa shape index (κ2) is 2.67. The van der Waals surface area contributed by atoms with Crippen molar-refractivity contribution < 1.29 is 4.74 Å². The van der Waals surface area contributed by atoms with Crippen molar-refractivity contribution in [2.45, 2.75) is 25.8 Å². The molecule has 0 bridgehead atoms. The molecule has 0 amide bonds. The molecule has 1 heterocycles. The molecule has 1 fully saturated rings. The molecule has 0 aromatic carbocycles. The monoisotopic (exact) mass is 129 g/mol. The molecule has 1 unspecified atom stereocenters. The highest BCUT2D eigenvalue weighted by molar-refractivity contribution is 4.91. The van der Waals surface area contributed by atoms with E-state index in [0.717, 1.165) is 19.8 Å². The Morgan fingerprint density at radius 3 is 2.67 bits per heavy atom. The quantitative estimate of drug-likeness (QED) is 0.608. The van der Waals surface area contributed by atoms with E-state index in [-0.39, 0.29) is 0 Å². The van der Waals surface area contributed by atoms with Crippen LogP contribution in [0.3, 0.4) is 0 Å². The Hall–Kier alpha value is -0.0800. The Kier molecular flexibility index (Phi) is 2.09. The minimum absolute atomic E-state index is 0.302. The van der Waals surface area contributed by atoms with Gasteiger partial charge in [0.25, 0.3) is 0 Å². The molecule has 1 rings (SSSR count). The van der Waals surface area contributed by atoms with Crippen LogP contribution in [0.1, 0.15) is 20.3 Å². The fraction of sp³-hybridized carbons (Fsp3) is 1.00. The van der Waals surface area contributed by atoms with Crippen LogP contribution in [0.5, 0.6) is 0 Å². The lowest BCUT2D eigenvalue weighted by atomic mass is 9.91. The summed E-state index contributed by atoms with van der Waals surface area (Å²) >= 11 is 0. The van der Waals surface area contributed by atoms with Crippen LogP contribution in [-0.4, -0.2) is 25.3 Å². The summed E-state index contributed by atoms with van der Waals surface area (Å²) in [5.41, 5.74) is 0.302. The summed E-state index contributed by atoms with van der Waals surface area (Å²) in [6.07, 6.45) is 1.26. The van der Waals surface area contributed by atoms with Crippen LogP contribution in [0.2, 0.25) is 0 Å². The van der Waals surface area contributed by atoms with Gasteiger partial charge >= 0.3 is 0 Å². The summed E-state index contributed by atoms with van der Waals surface area (Å²) in [6.45, 7) is 7.08. The van der Waals surface area contributed by atoms with Gasteiger partial charge in [-0.3, -0.25) is 0 Å². The molecule has 0 aliphatic carbocycles. The minimum atomic E-state index is 0.302. The maximum Gasteiger partial charge on any atom is 0.0645 e. The molecule has 0 radical (unpaired) electrons. The van der Waals surface area contributed by atoms with Crippen molar-refractivity contribution in [3.8, 4) is 0 Å². The van der Waals surface area contributed by atoms with E-state index >= 15 is 0 Å². The van der Waals surface area contributed by atoms with E-state index in [1.807, 2.05) is 6.92 Å². The third-order valence-electron chi connectivity index (χ3n) is 1.85. The third kappa shape index (κ3) is 1.66. The zero-order valence-electron chi connectivity index (χ0n) is 6.24. The first-order chi connectivity index (χ1) is 4.27. The van der Waals surface area contributed by atoms with Crippen molar-refractivity contribution in [2.24, 2.45) is 0 Å². The summed E-state index contributed by atoms with van der Waals surface area (Å²) in [4.78, 5) is 0. The van der Waals surface area contributed by atoms with Crippen LogP contribution in [0.25, 0.3) is 0 Å². The fourth-order valence-corrected chi connectivity index (χ4v) is 1.00. The predicted octanol–water partition coefficient (Wildman–Crippen LogP) is 0.775. The molecule has 1 aliphatic heterocycles. The molecule has 0 spiro atoms. The molecule has 54 valence electrons. The van der Waals surface area contributed by atoms with Gasteiger partial charge in [0.15, 0.2) is 0 Å². The van der Waals surface area contributed by atoms with Crippen molar-refractivity contribution in [1.82, 2.24) is 5.32 Å². The molecule has 0 aromatic rings. The lowest BCUT2D eigenvalue weighted by molar-refractivity contribution is 0.0517. The van der Waals surface area contributed by atoms with Gasteiger partial charge in [-0.2, -0.15) is 0 Å². The Morgan fingerprint density at radius 1 is 1.67 bits per heavy atom. The van der Waals surface area contributed by atoms with Crippen molar-refractivity contribution in [2.75, 3.05) is 19.8 Å². The second-order valence-corrected chi connectivity index (χ2v) is 2.87. The highest BCUT2D eigenvalue weighted by Crippen LogP contribution is 2.17.